The van der Waals surface area contributed by atoms with Gasteiger partial charge in [0, 0.05) is 23.8 Å². The van der Waals surface area contributed by atoms with Crippen LogP contribution >= 0.6 is 15.9 Å². The van der Waals surface area contributed by atoms with E-state index in [1.165, 1.54) is 11.1 Å². The fourth-order valence-corrected chi connectivity index (χ4v) is 2.92. The van der Waals surface area contributed by atoms with E-state index in [9.17, 15) is 5.11 Å². The van der Waals surface area contributed by atoms with Crippen molar-refractivity contribution in [1.29, 1.82) is 0 Å². The molecule has 2 nitrogen and oxygen atoms in total. The topological polar surface area (TPSA) is 23.5 Å². The van der Waals surface area contributed by atoms with Crippen molar-refractivity contribution in [2.45, 2.75) is 26.5 Å². The van der Waals surface area contributed by atoms with Gasteiger partial charge in [-0.05, 0) is 42.7 Å². The van der Waals surface area contributed by atoms with E-state index in [1.54, 1.807) is 6.92 Å². The molecule has 106 valence electrons. The Labute approximate surface area is 129 Å². The number of rotatable bonds is 4. The molecule has 1 atom stereocenters. The monoisotopic (exact) mass is 333 g/mol. The molecule has 1 N–H and O–H groups in total. The Kier molecular flexibility index (Phi) is 4.84. The second-order valence-corrected chi connectivity index (χ2v) is 6.02. The lowest BCUT2D eigenvalue weighted by molar-refractivity contribution is 0.198. The third-order valence-electron chi connectivity index (χ3n) is 3.54. The standard InChI is InChI=1S/C17H20BrNO/c1-12-6-4-5-7-14(12)11-19(3)15-8-9-16(13(2)20)17(18)10-15/h4-10,13,20H,11H2,1-3H3/t13-/m0/s1. The maximum atomic E-state index is 9.66. The van der Waals surface area contributed by atoms with Gasteiger partial charge in [0.25, 0.3) is 0 Å². The van der Waals surface area contributed by atoms with Crippen molar-refractivity contribution in [3.8, 4) is 0 Å². The van der Waals surface area contributed by atoms with Crippen molar-refractivity contribution >= 4 is 21.6 Å². The van der Waals surface area contributed by atoms with Gasteiger partial charge in [0.05, 0.1) is 6.10 Å². The summed E-state index contributed by atoms with van der Waals surface area (Å²) in [6.45, 7) is 4.78. The van der Waals surface area contributed by atoms with Crippen LogP contribution in [-0.4, -0.2) is 12.2 Å². The van der Waals surface area contributed by atoms with E-state index in [4.69, 9.17) is 0 Å². The molecule has 0 fully saturated rings. The number of nitrogens with zero attached hydrogens (tertiary/aromatic N) is 1. The highest BCUT2D eigenvalue weighted by atomic mass is 79.9. The zero-order valence-electron chi connectivity index (χ0n) is 12.1. The number of benzene rings is 2. The van der Waals surface area contributed by atoms with Crippen LogP contribution in [0.5, 0.6) is 0 Å². The summed E-state index contributed by atoms with van der Waals surface area (Å²) < 4.78 is 0.946. The summed E-state index contributed by atoms with van der Waals surface area (Å²) in [6.07, 6.45) is -0.458. The molecule has 0 heterocycles. The fourth-order valence-electron chi connectivity index (χ4n) is 2.23. The van der Waals surface area contributed by atoms with E-state index >= 15 is 0 Å². The van der Waals surface area contributed by atoms with Gasteiger partial charge in [-0.15, -0.1) is 0 Å². The lowest BCUT2D eigenvalue weighted by Gasteiger charge is -2.22. The largest absolute Gasteiger partial charge is 0.389 e. The maximum absolute atomic E-state index is 9.66. The van der Waals surface area contributed by atoms with Gasteiger partial charge in [0.1, 0.15) is 0 Å². The molecular formula is C17H20BrNO. The quantitative estimate of drug-likeness (QED) is 0.893. The maximum Gasteiger partial charge on any atom is 0.0772 e. The van der Waals surface area contributed by atoms with E-state index in [-0.39, 0.29) is 0 Å². The molecule has 0 aliphatic carbocycles. The van der Waals surface area contributed by atoms with E-state index < -0.39 is 6.10 Å². The predicted octanol–water partition coefficient (Wildman–Crippen LogP) is 4.45. The molecule has 2 aromatic rings. The normalized spacial score (nSPS) is 12.2. The van der Waals surface area contributed by atoms with Gasteiger partial charge >= 0.3 is 0 Å². The van der Waals surface area contributed by atoms with Crippen LogP contribution in [0.4, 0.5) is 5.69 Å². The van der Waals surface area contributed by atoms with Gasteiger partial charge in [-0.2, -0.15) is 0 Å². The number of hydrogen-bond donors (Lipinski definition) is 1. The third kappa shape index (κ3) is 3.41. The van der Waals surface area contributed by atoms with Crippen molar-refractivity contribution in [3.05, 3.63) is 63.6 Å². The van der Waals surface area contributed by atoms with Crippen LogP contribution in [-0.2, 0) is 6.54 Å². The summed E-state index contributed by atoms with van der Waals surface area (Å²) in [5, 5.41) is 9.66. The summed E-state index contributed by atoms with van der Waals surface area (Å²) in [4.78, 5) is 2.21. The zero-order valence-corrected chi connectivity index (χ0v) is 13.7. The average molecular weight is 334 g/mol. The summed E-state index contributed by atoms with van der Waals surface area (Å²) in [5.41, 5.74) is 4.67. The molecule has 3 heteroatoms. The number of anilines is 1. The first-order valence-corrected chi connectivity index (χ1v) is 7.51. The van der Waals surface area contributed by atoms with E-state index in [2.05, 4.69) is 65.1 Å². The lowest BCUT2D eigenvalue weighted by atomic mass is 10.1. The number of aryl methyl sites for hydroxylation is 1. The summed E-state index contributed by atoms with van der Waals surface area (Å²) >= 11 is 3.53. The van der Waals surface area contributed by atoms with Gasteiger partial charge in [0.15, 0.2) is 0 Å². The molecular weight excluding hydrogens is 314 g/mol. The smallest absolute Gasteiger partial charge is 0.0772 e. The Morgan fingerprint density at radius 1 is 1.20 bits per heavy atom. The molecule has 0 aliphatic heterocycles. The highest BCUT2D eigenvalue weighted by Gasteiger charge is 2.09. The molecule has 2 aromatic carbocycles. The van der Waals surface area contributed by atoms with Gasteiger partial charge in [0.2, 0.25) is 0 Å². The summed E-state index contributed by atoms with van der Waals surface area (Å²) in [7, 11) is 2.08. The number of aliphatic hydroxyl groups excluding tert-OH is 1. The number of hydrogen-bond acceptors (Lipinski definition) is 2. The Morgan fingerprint density at radius 2 is 1.90 bits per heavy atom. The second kappa shape index (κ2) is 6.42. The highest BCUT2D eigenvalue weighted by Crippen LogP contribution is 2.28. The van der Waals surface area contributed by atoms with E-state index in [0.717, 1.165) is 22.3 Å². The van der Waals surface area contributed by atoms with Crippen LogP contribution < -0.4 is 4.90 Å². The first kappa shape index (κ1) is 15.1. The van der Waals surface area contributed by atoms with Gasteiger partial charge in [-0.1, -0.05) is 46.3 Å². The minimum absolute atomic E-state index is 0.458. The molecule has 0 unspecified atom stereocenters. The molecule has 0 saturated heterocycles. The number of aliphatic hydroxyl groups is 1. The van der Waals surface area contributed by atoms with Crippen LogP contribution in [0.3, 0.4) is 0 Å². The molecule has 0 radical (unpaired) electrons. The average Bonchev–Trinajstić information content (AvgIpc) is 2.40. The Balaban J connectivity index is 2.20. The first-order valence-electron chi connectivity index (χ1n) is 6.72. The Hall–Kier alpha value is -1.32. The van der Waals surface area contributed by atoms with Crippen LogP contribution in [0.1, 0.15) is 29.7 Å². The molecule has 20 heavy (non-hydrogen) atoms. The highest BCUT2D eigenvalue weighted by molar-refractivity contribution is 9.10. The Morgan fingerprint density at radius 3 is 2.50 bits per heavy atom. The minimum atomic E-state index is -0.458. The van der Waals surface area contributed by atoms with Crippen molar-refractivity contribution < 1.29 is 5.11 Å². The van der Waals surface area contributed by atoms with Crippen LogP contribution in [0.15, 0.2) is 46.9 Å². The van der Waals surface area contributed by atoms with Crippen molar-refractivity contribution in [3.63, 3.8) is 0 Å². The fraction of sp³-hybridized carbons (Fsp3) is 0.294. The van der Waals surface area contributed by atoms with Gasteiger partial charge in [-0.3, -0.25) is 0 Å². The van der Waals surface area contributed by atoms with Crippen molar-refractivity contribution in [2.24, 2.45) is 0 Å². The molecule has 0 saturated carbocycles. The first-order chi connectivity index (χ1) is 9.49. The molecule has 0 spiro atoms. The van der Waals surface area contributed by atoms with E-state index in [1.807, 2.05) is 12.1 Å². The SMILES string of the molecule is Cc1ccccc1CN(C)c1ccc([C@H](C)O)c(Br)c1. The zero-order chi connectivity index (χ0) is 14.7. The molecule has 0 aromatic heterocycles. The van der Waals surface area contributed by atoms with Crippen molar-refractivity contribution in [2.75, 3.05) is 11.9 Å². The van der Waals surface area contributed by atoms with Crippen LogP contribution in [0.2, 0.25) is 0 Å². The minimum Gasteiger partial charge on any atom is -0.389 e. The number of halogens is 1. The van der Waals surface area contributed by atoms with Gasteiger partial charge < -0.3 is 10.0 Å². The van der Waals surface area contributed by atoms with E-state index in [0.29, 0.717) is 0 Å². The third-order valence-corrected chi connectivity index (χ3v) is 4.23. The second-order valence-electron chi connectivity index (χ2n) is 5.16. The predicted molar refractivity (Wildman–Crippen MR) is 88.1 cm³/mol. The molecule has 0 amide bonds. The summed E-state index contributed by atoms with van der Waals surface area (Å²) in [5.74, 6) is 0. The van der Waals surface area contributed by atoms with Crippen LogP contribution in [0.25, 0.3) is 0 Å². The van der Waals surface area contributed by atoms with Crippen molar-refractivity contribution in [1.82, 2.24) is 0 Å². The molecule has 2 rings (SSSR count). The molecule has 0 aliphatic rings. The molecule has 0 bridgehead atoms. The summed E-state index contributed by atoms with van der Waals surface area (Å²) in [6, 6.07) is 14.5. The Bertz CT molecular complexity index is 595. The lowest BCUT2D eigenvalue weighted by Crippen LogP contribution is -2.17. The van der Waals surface area contributed by atoms with Gasteiger partial charge in [-0.25, -0.2) is 0 Å². The van der Waals surface area contributed by atoms with Crippen LogP contribution in [0, 0.1) is 6.92 Å².